The first-order valence-corrected chi connectivity index (χ1v) is 8.97. The standard InChI is InChI=1S/C19H26N6O/c1-3-21-19(22-10-14-5-4-6-15(9-14)18(20)26)25-8-7-16(13-25)17-11-23-24(2)12-17/h4-6,9,11-12,16H,3,7-8,10,13H2,1-2H3,(H2,20,26)(H,21,22). The highest BCUT2D eigenvalue weighted by Crippen LogP contribution is 2.26. The molecule has 7 heteroatoms. The Labute approximate surface area is 153 Å². The Balaban J connectivity index is 1.69. The number of nitrogens with zero attached hydrogens (tertiary/aromatic N) is 4. The van der Waals surface area contributed by atoms with Crippen LogP contribution in [0.1, 0.15) is 40.7 Å². The van der Waals surface area contributed by atoms with Crippen LogP contribution in [0.4, 0.5) is 0 Å². The van der Waals surface area contributed by atoms with Gasteiger partial charge in [0.15, 0.2) is 5.96 Å². The monoisotopic (exact) mass is 354 g/mol. The van der Waals surface area contributed by atoms with E-state index in [0.717, 1.165) is 37.6 Å². The molecule has 0 radical (unpaired) electrons. The van der Waals surface area contributed by atoms with Crippen LogP contribution in [0.5, 0.6) is 0 Å². The van der Waals surface area contributed by atoms with Crippen LogP contribution < -0.4 is 11.1 Å². The van der Waals surface area contributed by atoms with Crippen molar-refractivity contribution >= 4 is 11.9 Å². The van der Waals surface area contributed by atoms with Crippen LogP contribution in [-0.2, 0) is 13.6 Å². The number of carbonyl (C=O) groups is 1. The Hall–Kier alpha value is -2.83. The van der Waals surface area contributed by atoms with Crippen molar-refractivity contribution in [2.45, 2.75) is 25.8 Å². The number of hydrogen-bond acceptors (Lipinski definition) is 3. The van der Waals surface area contributed by atoms with Crippen molar-refractivity contribution in [3.8, 4) is 0 Å². The summed E-state index contributed by atoms with van der Waals surface area (Å²) in [7, 11) is 1.95. The van der Waals surface area contributed by atoms with E-state index in [0.29, 0.717) is 18.0 Å². The molecule has 0 saturated carbocycles. The lowest BCUT2D eigenvalue weighted by molar-refractivity contribution is 0.1000. The summed E-state index contributed by atoms with van der Waals surface area (Å²) in [6.07, 6.45) is 5.13. The molecule has 1 amide bonds. The van der Waals surface area contributed by atoms with E-state index in [-0.39, 0.29) is 0 Å². The number of guanidine groups is 1. The third-order valence-electron chi connectivity index (χ3n) is 4.64. The first kappa shape index (κ1) is 18.0. The van der Waals surface area contributed by atoms with Crippen molar-refractivity contribution in [3.05, 3.63) is 53.3 Å². The van der Waals surface area contributed by atoms with Gasteiger partial charge in [-0.2, -0.15) is 5.10 Å². The Kier molecular flexibility index (Phi) is 5.55. The number of likely N-dealkylation sites (tertiary alicyclic amines) is 1. The Morgan fingerprint density at radius 3 is 3.00 bits per heavy atom. The topological polar surface area (TPSA) is 88.5 Å². The van der Waals surface area contributed by atoms with Crippen LogP contribution in [0.25, 0.3) is 0 Å². The third kappa shape index (κ3) is 4.22. The van der Waals surface area contributed by atoms with E-state index in [4.69, 9.17) is 10.7 Å². The zero-order valence-electron chi connectivity index (χ0n) is 15.4. The van der Waals surface area contributed by atoms with Gasteiger partial charge >= 0.3 is 0 Å². The molecule has 0 bridgehead atoms. The van der Waals surface area contributed by atoms with E-state index < -0.39 is 5.91 Å². The second-order valence-electron chi connectivity index (χ2n) is 6.61. The fraction of sp³-hybridized carbons (Fsp3) is 0.421. The van der Waals surface area contributed by atoms with Gasteiger partial charge in [-0.1, -0.05) is 12.1 Å². The van der Waals surface area contributed by atoms with Gasteiger partial charge in [0.25, 0.3) is 0 Å². The van der Waals surface area contributed by atoms with Crippen LogP contribution in [-0.4, -0.2) is 46.2 Å². The maximum atomic E-state index is 11.3. The Morgan fingerprint density at radius 1 is 1.46 bits per heavy atom. The van der Waals surface area contributed by atoms with E-state index in [1.807, 2.05) is 30.1 Å². The van der Waals surface area contributed by atoms with Crippen molar-refractivity contribution in [2.24, 2.45) is 17.8 Å². The summed E-state index contributed by atoms with van der Waals surface area (Å²) in [5.74, 6) is 0.968. The highest BCUT2D eigenvalue weighted by Gasteiger charge is 2.26. The summed E-state index contributed by atoms with van der Waals surface area (Å²) in [5, 5.41) is 7.65. The third-order valence-corrected chi connectivity index (χ3v) is 4.64. The molecule has 1 aromatic carbocycles. The maximum absolute atomic E-state index is 11.3. The number of hydrogen-bond donors (Lipinski definition) is 2. The number of aryl methyl sites for hydroxylation is 1. The van der Waals surface area contributed by atoms with E-state index in [1.54, 1.807) is 12.1 Å². The first-order chi connectivity index (χ1) is 12.6. The average molecular weight is 354 g/mol. The smallest absolute Gasteiger partial charge is 0.248 e. The van der Waals surface area contributed by atoms with Crippen molar-refractivity contribution in [1.29, 1.82) is 0 Å². The average Bonchev–Trinajstić information content (AvgIpc) is 3.28. The number of primary amides is 1. The highest BCUT2D eigenvalue weighted by atomic mass is 16.1. The van der Waals surface area contributed by atoms with Crippen molar-refractivity contribution in [1.82, 2.24) is 20.0 Å². The molecule has 2 aromatic rings. The lowest BCUT2D eigenvalue weighted by atomic mass is 10.0. The molecule has 1 unspecified atom stereocenters. The van der Waals surface area contributed by atoms with Crippen LogP contribution in [0.3, 0.4) is 0 Å². The normalized spacial score (nSPS) is 17.5. The predicted octanol–water partition coefficient (Wildman–Crippen LogP) is 1.47. The number of nitrogens with one attached hydrogen (secondary N) is 1. The van der Waals surface area contributed by atoms with Crippen molar-refractivity contribution in [2.75, 3.05) is 19.6 Å². The Bertz CT molecular complexity index is 797. The summed E-state index contributed by atoms with van der Waals surface area (Å²) in [6, 6.07) is 7.33. The van der Waals surface area contributed by atoms with Crippen molar-refractivity contribution in [3.63, 3.8) is 0 Å². The minimum absolute atomic E-state index is 0.415. The molecule has 0 spiro atoms. The molecule has 1 aliphatic heterocycles. The summed E-state index contributed by atoms with van der Waals surface area (Å²) >= 11 is 0. The number of rotatable bonds is 5. The minimum atomic E-state index is -0.415. The van der Waals surface area contributed by atoms with Crippen molar-refractivity contribution < 1.29 is 4.79 Å². The molecule has 7 nitrogen and oxygen atoms in total. The van der Waals surface area contributed by atoms with E-state index >= 15 is 0 Å². The second kappa shape index (κ2) is 8.03. The van der Waals surface area contributed by atoms with Gasteiger partial charge in [0.2, 0.25) is 5.91 Å². The molecule has 1 aromatic heterocycles. The summed E-state index contributed by atoms with van der Waals surface area (Å²) in [4.78, 5) is 18.4. The SMILES string of the molecule is CCNC(=NCc1cccc(C(N)=O)c1)N1CCC(c2cnn(C)c2)C1. The zero-order valence-corrected chi connectivity index (χ0v) is 15.4. The molecule has 3 rings (SSSR count). The van der Waals surface area contributed by atoms with E-state index in [2.05, 4.69) is 28.4 Å². The van der Waals surface area contributed by atoms with Gasteiger partial charge in [-0.3, -0.25) is 9.48 Å². The molecule has 2 heterocycles. The molecule has 1 atom stereocenters. The number of aromatic nitrogens is 2. The van der Waals surface area contributed by atoms with Gasteiger partial charge in [0, 0.05) is 44.4 Å². The number of benzene rings is 1. The van der Waals surface area contributed by atoms with Crippen LogP contribution in [0, 0.1) is 0 Å². The minimum Gasteiger partial charge on any atom is -0.366 e. The number of nitrogens with two attached hydrogens (primary N) is 1. The molecule has 1 aliphatic rings. The van der Waals surface area contributed by atoms with Crippen LogP contribution in [0.15, 0.2) is 41.7 Å². The number of carbonyl (C=O) groups excluding carboxylic acids is 1. The predicted molar refractivity (Wildman–Crippen MR) is 102 cm³/mol. The number of amides is 1. The maximum Gasteiger partial charge on any atom is 0.248 e. The zero-order chi connectivity index (χ0) is 18.5. The molecular formula is C19H26N6O. The van der Waals surface area contributed by atoms with Gasteiger partial charge < -0.3 is 16.0 Å². The van der Waals surface area contributed by atoms with Gasteiger partial charge in [-0.15, -0.1) is 0 Å². The van der Waals surface area contributed by atoms with Gasteiger partial charge in [0.05, 0.1) is 12.7 Å². The quantitative estimate of drug-likeness (QED) is 0.629. The molecule has 1 fully saturated rings. The molecule has 0 aliphatic carbocycles. The summed E-state index contributed by atoms with van der Waals surface area (Å²) in [5.41, 5.74) is 8.12. The Morgan fingerprint density at radius 2 is 2.31 bits per heavy atom. The molecule has 138 valence electrons. The fourth-order valence-corrected chi connectivity index (χ4v) is 3.29. The van der Waals surface area contributed by atoms with Crippen LogP contribution >= 0.6 is 0 Å². The number of aliphatic imine (C=N–C) groups is 1. The van der Waals surface area contributed by atoms with Crippen LogP contribution in [0.2, 0.25) is 0 Å². The molecule has 26 heavy (non-hydrogen) atoms. The van der Waals surface area contributed by atoms with Gasteiger partial charge in [-0.05, 0) is 36.6 Å². The van der Waals surface area contributed by atoms with Gasteiger partial charge in [0.1, 0.15) is 0 Å². The lowest BCUT2D eigenvalue weighted by Crippen LogP contribution is -2.40. The fourth-order valence-electron chi connectivity index (χ4n) is 3.29. The van der Waals surface area contributed by atoms with E-state index in [1.165, 1.54) is 5.56 Å². The highest BCUT2D eigenvalue weighted by molar-refractivity contribution is 5.92. The molecule has 1 saturated heterocycles. The molecular weight excluding hydrogens is 328 g/mol. The summed E-state index contributed by atoms with van der Waals surface area (Å²) in [6.45, 7) is 5.29. The van der Waals surface area contributed by atoms with E-state index in [9.17, 15) is 4.79 Å². The summed E-state index contributed by atoms with van der Waals surface area (Å²) < 4.78 is 1.85. The van der Waals surface area contributed by atoms with Gasteiger partial charge in [-0.25, -0.2) is 4.99 Å². The second-order valence-corrected chi connectivity index (χ2v) is 6.61. The molecule has 3 N–H and O–H groups in total. The lowest BCUT2D eigenvalue weighted by Gasteiger charge is -2.21. The largest absolute Gasteiger partial charge is 0.366 e. The first-order valence-electron chi connectivity index (χ1n) is 8.97.